The zero-order valence-electron chi connectivity index (χ0n) is 10.3. The Kier molecular flexibility index (Phi) is 3.48. The van der Waals surface area contributed by atoms with Gasteiger partial charge in [-0.25, -0.2) is 4.79 Å². The Balaban J connectivity index is 2.45. The zero-order valence-corrected chi connectivity index (χ0v) is 10.3. The van der Waals surface area contributed by atoms with Gasteiger partial charge in [0.05, 0.1) is 12.3 Å². The predicted molar refractivity (Wildman–Crippen MR) is 69.4 cm³/mol. The third-order valence-corrected chi connectivity index (χ3v) is 2.81. The first kappa shape index (κ1) is 12.4. The number of hydrogen-bond acceptors (Lipinski definition) is 3. The maximum Gasteiger partial charge on any atom is 0.328 e. The van der Waals surface area contributed by atoms with Crippen LogP contribution in [0.15, 0.2) is 47.1 Å². The van der Waals surface area contributed by atoms with Crippen molar-refractivity contribution in [3.63, 3.8) is 0 Å². The molecule has 0 saturated heterocycles. The van der Waals surface area contributed by atoms with Crippen LogP contribution < -0.4 is 0 Å². The molecule has 2 rings (SSSR count). The number of likely N-dealkylation sites (N-methyl/N-ethyl adjacent to an activating group) is 1. The molecular formula is C14H15NO3. The topological polar surface area (TPSA) is 53.7 Å². The molecule has 2 aromatic rings. The van der Waals surface area contributed by atoms with Gasteiger partial charge in [0, 0.05) is 17.0 Å². The third-order valence-electron chi connectivity index (χ3n) is 2.81. The minimum absolute atomic E-state index is 0.121. The smallest absolute Gasteiger partial charge is 0.328 e. The zero-order chi connectivity index (χ0) is 13.1. The Labute approximate surface area is 105 Å². The maximum absolute atomic E-state index is 10.6. The lowest BCUT2D eigenvalue weighted by Gasteiger charge is -2.19. The van der Waals surface area contributed by atoms with E-state index in [2.05, 4.69) is 0 Å². The molecule has 0 aliphatic carbocycles. The normalized spacial score (nSPS) is 13.5. The molecule has 1 N–H and O–H groups in total. The molecule has 94 valence electrons. The number of nitrogens with zero attached hydrogens (tertiary/aromatic N) is 1. The fraction of sp³-hybridized carbons (Fsp3) is 0.214. The van der Waals surface area contributed by atoms with Crippen molar-refractivity contribution in [2.24, 2.45) is 0 Å². The average molecular weight is 245 g/mol. The summed E-state index contributed by atoms with van der Waals surface area (Å²) in [5, 5.41) is 9.73. The van der Waals surface area contributed by atoms with E-state index in [4.69, 9.17) is 9.52 Å². The molecule has 1 atom stereocenters. The molecule has 1 heterocycles. The number of fused-ring (bicyclic) bond motifs is 1. The van der Waals surface area contributed by atoms with Gasteiger partial charge in [0.2, 0.25) is 0 Å². The second kappa shape index (κ2) is 5.06. The highest BCUT2D eigenvalue weighted by Gasteiger charge is 2.16. The molecule has 0 saturated carbocycles. The molecule has 4 nitrogen and oxygen atoms in total. The van der Waals surface area contributed by atoms with Crippen molar-refractivity contribution in [3.05, 3.63) is 48.2 Å². The van der Waals surface area contributed by atoms with Crippen LogP contribution in [0.25, 0.3) is 11.0 Å². The first-order valence-corrected chi connectivity index (χ1v) is 5.63. The summed E-state index contributed by atoms with van der Waals surface area (Å²) in [6.45, 7) is 0. The fourth-order valence-electron chi connectivity index (χ4n) is 1.95. The summed E-state index contributed by atoms with van der Waals surface area (Å²) in [6.07, 6.45) is 4.49. The minimum atomic E-state index is -0.949. The van der Waals surface area contributed by atoms with Gasteiger partial charge in [-0.3, -0.25) is 4.90 Å². The summed E-state index contributed by atoms with van der Waals surface area (Å²) in [5.41, 5.74) is 1.77. The van der Waals surface area contributed by atoms with Gasteiger partial charge in [-0.2, -0.15) is 0 Å². The van der Waals surface area contributed by atoms with Crippen LogP contribution in [0.4, 0.5) is 0 Å². The lowest BCUT2D eigenvalue weighted by Crippen LogP contribution is -2.18. The van der Waals surface area contributed by atoms with Crippen LogP contribution in [0.2, 0.25) is 0 Å². The van der Waals surface area contributed by atoms with E-state index in [0.717, 1.165) is 22.6 Å². The molecule has 1 aromatic heterocycles. The molecule has 0 spiro atoms. The molecule has 18 heavy (non-hydrogen) atoms. The molecule has 1 aromatic carbocycles. The summed E-state index contributed by atoms with van der Waals surface area (Å²) in [4.78, 5) is 12.6. The summed E-state index contributed by atoms with van der Waals surface area (Å²) in [7, 11) is 3.80. The van der Waals surface area contributed by atoms with Crippen molar-refractivity contribution in [3.8, 4) is 0 Å². The molecule has 1 unspecified atom stereocenters. The molecule has 0 aliphatic heterocycles. The summed E-state index contributed by atoms with van der Waals surface area (Å²) in [5.74, 6) is -0.949. The standard InChI is InChI=1S/C14H15NO3/c1-15(2)12(7-8-14(16)17)11-9-18-13-6-4-3-5-10(11)13/h3-9,12H,1-2H3,(H,16,17)/b8-7+. The van der Waals surface area contributed by atoms with E-state index in [0.29, 0.717) is 0 Å². The first-order chi connectivity index (χ1) is 8.59. The monoisotopic (exact) mass is 245 g/mol. The van der Waals surface area contributed by atoms with E-state index in [1.54, 1.807) is 12.3 Å². The number of carbonyl (C=O) groups is 1. The van der Waals surface area contributed by atoms with Crippen LogP contribution in [-0.4, -0.2) is 30.1 Å². The second-order valence-corrected chi connectivity index (χ2v) is 4.29. The molecule has 4 heteroatoms. The Hall–Kier alpha value is -2.07. The van der Waals surface area contributed by atoms with Crippen LogP contribution in [0.5, 0.6) is 0 Å². The third kappa shape index (κ3) is 2.43. The van der Waals surface area contributed by atoms with Crippen LogP contribution >= 0.6 is 0 Å². The van der Waals surface area contributed by atoms with Gasteiger partial charge in [0.25, 0.3) is 0 Å². The summed E-state index contributed by atoms with van der Waals surface area (Å²) < 4.78 is 5.48. The molecule has 0 radical (unpaired) electrons. The lowest BCUT2D eigenvalue weighted by atomic mass is 10.0. The highest BCUT2D eigenvalue weighted by Crippen LogP contribution is 2.29. The number of furan rings is 1. The largest absolute Gasteiger partial charge is 0.478 e. The van der Waals surface area contributed by atoms with E-state index in [1.807, 2.05) is 43.3 Å². The van der Waals surface area contributed by atoms with Gasteiger partial charge in [-0.1, -0.05) is 24.3 Å². The Morgan fingerprint density at radius 2 is 2.11 bits per heavy atom. The van der Waals surface area contributed by atoms with Gasteiger partial charge >= 0.3 is 5.97 Å². The lowest BCUT2D eigenvalue weighted by molar-refractivity contribution is -0.131. The van der Waals surface area contributed by atoms with E-state index < -0.39 is 5.97 Å². The Morgan fingerprint density at radius 1 is 1.39 bits per heavy atom. The van der Waals surface area contributed by atoms with Crippen molar-refractivity contribution in [2.75, 3.05) is 14.1 Å². The van der Waals surface area contributed by atoms with Gasteiger partial charge in [-0.15, -0.1) is 0 Å². The predicted octanol–water partition coefficient (Wildman–Crippen LogP) is 2.68. The maximum atomic E-state index is 10.6. The molecule has 0 bridgehead atoms. The van der Waals surface area contributed by atoms with E-state index in [1.165, 1.54) is 0 Å². The summed E-state index contributed by atoms with van der Waals surface area (Å²) in [6, 6.07) is 7.60. The van der Waals surface area contributed by atoms with Crippen molar-refractivity contribution in [1.29, 1.82) is 0 Å². The van der Waals surface area contributed by atoms with Crippen molar-refractivity contribution in [2.45, 2.75) is 6.04 Å². The number of hydrogen-bond donors (Lipinski definition) is 1. The van der Waals surface area contributed by atoms with Crippen LogP contribution in [-0.2, 0) is 4.79 Å². The van der Waals surface area contributed by atoms with Crippen LogP contribution in [0, 0.1) is 0 Å². The van der Waals surface area contributed by atoms with Gasteiger partial charge in [0.1, 0.15) is 5.58 Å². The van der Waals surface area contributed by atoms with Gasteiger partial charge < -0.3 is 9.52 Å². The van der Waals surface area contributed by atoms with Crippen LogP contribution in [0.1, 0.15) is 11.6 Å². The number of carboxylic acid groups (broad SMARTS) is 1. The highest BCUT2D eigenvalue weighted by molar-refractivity contribution is 5.83. The van der Waals surface area contributed by atoms with Gasteiger partial charge in [-0.05, 0) is 20.2 Å². The van der Waals surface area contributed by atoms with E-state index in [-0.39, 0.29) is 6.04 Å². The number of carboxylic acids is 1. The SMILES string of the molecule is CN(C)C(/C=C/C(=O)O)c1coc2ccccc12. The molecule has 0 amide bonds. The molecular weight excluding hydrogens is 230 g/mol. The van der Waals surface area contributed by atoms with Crippen molar-refractivity contribution in [1.82, 2.24) is 4.90 Å². The second-order valence-electron chi connectivity index (χ2n) is 4.29. The average Bonchev–Trinajstić information content (AvgIpc) is 2.73. The number of para-hydroxylation sites is 1. The first-order valence-electron chi connectivity index (χ1n) is 5.63. The van der Waals surface area contributed by atoms with Crippen LogP contribution in [0.3, 0.4) is 0 Å². The Morgan fingerprint density at radius 3 is 2.78 bits per heavy atom. The van der Waals surface area contributed by atoms with Crippen molar-refractivity contribution >= 4 is 16.9 Å². The highest BCUT2D eigenvalue weighted by atomic mass is 16.4. The number of aliphatic carboxylic acids is 1. The summed E-state index contributed by atoms with van der Waals surface area (Å²) >= 11 is 0. The van der Waals surface area contributed by atoms with E-state index >= 15 is 0 Å². The molecule has 0 aliphatic rings. The van der Waals surface area contributed by atoms with E-state index in [9.17, 15) is 4.79 Å². The quantitative estimate of drug-likeness (QED) is 0.841. The molecule has 0 fully saturated rings. The fourth-order valence-corrected chi connectivity index (χ4v) is 1.95. The van der Waals surface area contributed by atoms with Crippen molar-refractivity contribution < 1.29 is 14.3 Å². The van der Waals surface area contributed by atoms with Gasteiger partial charge in [0.15, 0.2) is 0 Å². The number of rotatable bonds is 4. The number of benzene rings is 1. The minimum Gasteiger partial charge on any atom is -0.478 e. The Bertz CT molecular complexity index is 583.